The molecule has 5 nitrogen and oxygen atoms in total. The highest BCUT2D eigenvalue weighted by Gasteiger charge is 2.16. The lowest BCUT2D eigenvalue weighted by Crippen LogP contribution is -2.46. The molecule has 1 aliphatic heterocycles. The normalized spacial score (nSPS) is 16.0. The second kappa shape index (κ2) is 8.86. The second-order valence-corrected chi connectivity index (χ2v) is 6.83. The quantitative estimate of drug-likeness (QED) is 0.818. The van der Waals surface area contributed by atoms with Crippen molar-refractivity contribution in [3.63, 3.8) is 0 Å². The van der Waals surface area contributed by atoms with Crippen molar-refractivity contribution in [3.05, 3.63) is 54.3 Å². The number of hydrogen-bond donors (Lipinski definition) is 2. The fraction of sp³-hybridized carbons (Fsp3) is 0.381. The van der Waals surface area contributed by atoms with Gasteiger partial charge < -0.3 is 20.4 Å². The van der Waals surface area contributed by atoms with Crippen LogP contribution in [0.3, 0.4) is 0 Å². The maximum atomic E-state index is 12.9. The topological polar surface area (TPSA) is 47.6 Å². The van der Waals surface area contributed by atoms with E-state index in [0.29, 0.717) is 5.69 Å². The molecular weight excluding hydrogens is 343 g/mol. The molecule has 1 heterocycles. The molecule has 0 saturated carbocycles. The Kier molecular flexibility index (Phi) is 6.29. The lowest BCUT2D eigenvalue weighted by molar-refractivity contribution is -0.116. The maximum absolute atomic E-state index is 12.9. The Morgan fingerprint density at radius 1 is 1.00 bits per heavy atom. The fourth-order valence-corrected chi connectivity index (χ4v) is 3.19. The van der Waals surface area contributed by atoms with E-state index in [2.05, 4.69) is 39.5 Å². The predicted molar refractivity (Wildman–Crippen MR) is 109 cm³/mol. The van der Waals surface area contributed by atoms with Gasteiger partial charge in [0.2, 0.25) is 5.91 Å². The first-order valence-corrected chi connectivity index (χ1v) is 9.45. The van der Waals surface area contributed by atoms with E-state index < -0.39 is 6.04 Å². The van der Waals surface area contributed by atoms with Gasteiger partial charge in [-0.15, -0.1) is 0 Å². The molecular formula is C21H27FN4O. The van der Waals surface area contributed by atoms with Crippen LogP contribution in [-0.4, -0.2) is 49.6 Å². The molecule has 0 bridgehead atoms. The molecule has 1 aliphatic rings. The standard InChI is InChI=1S/C21H27FN4O/c1-3-25-12-14-26(15-13-25)20-10-8-18(9-11-20)23-16(2)21(27)24-19-6-4-17(22)5-7-19/h4-11,16,23H,3,12-15H2,1-2H3,(H,24,27)/t16-/m0/s1. The summed E-state index contributed by atoms with van der Waals surface area (Å²) in [4.78, 5) is 17.1. The third-order valence-corrected chi connectivity index (χ3v) is 4.94. The van der Waals surface area contributed by atoms with Crippen LogP contribution in [0, 0.1) is 5.82 Å². The van der Waals surface area contributed by atoms with Crippen LogP contribution in [-0.2, 0) is 4.79 Å². The first-order chi connectivity index (χ1) is 13.0. The zero-order valence-corrected chi connectivity index (χ0v) is 15.9. The van der Waals surface area contributed by atoms with Gasteiger partial charge in [0.25, 0.3) is 0 Å². The largest absolute Gasteiger partial charge is 0.374 e. The van der Waals surface area contributed by atoms with Gasteiger partial charge in [-0.2, -0.15) is 0 Å². The van der Waals surface area contributed by atoms with Crippen LogP contribution in [0.2, 0.25) is 0 Å². The average molecular weight is 370 g/mol. The number of likely N-dealkylation sites (N-methyl/N-ethyl adjacent to an activating group) is 1. The van der Waals surface area contributed by atoms with E-state index in [-0.39, 0.29) is 11.7 Å². The molecule has 2 aromatic carbocycles. The van der Waals surface area contributed by atoms with Crippen LogP contribution in [0.4, 0.5) is 21.5 Å². The van der Waals surface area contributed by atoms with Gasteiger partial charge >= 0.3 is 0 Å². The molecule has 27 heavy (non-hydrogen) atoms. The van der Waals surface area contributed by atoms with Crippen molar-refractivity contribution in [2.45, 2.75) is 19.9 Å². The SMILES string of the molecule is CCN1CCN(c2ccc(N[C@@H](C)C(=O)Nc3ccc(F)cc3)cc2)CC1. The summed E-state index contributed by atoms with van der Waals surface area (Å²) in [5.41, 5.74) is 2.68. The molecule has 0 spiro atoms. The van der Waals surface area contributed by atoms with Crippen molar-refractivity contribution in [3.8, 4) is 0 Å². The van der Waals surface area contributed by atoms with Crippen LogP contribution in [0.15, 0.2) is 48.5 Å². The van der Waals surface area contributed by atoms with Crippen LogP contribution in [0.25, 0.3) is 0 Å². The molecule has 1 atom stereocenters. The van der Waals surface area contributed by atoms with E-state index >= 15 is 0 Å². The average Bonchev–Trinajstić information content (AvgIpc) is 2.70. The summed E-state index contributed by atoms with van der Waals surface area (Å²) < 4.78 is 12.9. The van der Waals surface area contributed by atoms with Crippen LogP contribution in [0.1, 0.15) is 13.8 Å². The highest BCUT2D eigenvalue weighted by atomic mass is 19.1. The van der Waals surface area contributed by atoms with Gasteiger partial charge in [-0.05, 0) is 62.0 Å². The predicted octanol–water partition coefficient (Wildman–Crippen LogP) is 3.41. The second-order valence-electron chi connectivity index (χ2n) is 6.83. The summed E-state index contributed by atoms with van der Waals surface area (Å²) in [5.74, 6) is -0.489. The molecule has 6 heteroatoms. The third kappa shape index (κ3) is 5.20. The number of anilines is 3. The van der Waals surface area contributed by atoms with E-state index in [1.807, 2.05) is 12.1 Å². The molecule has 1 fully saturated rings. The zero-order valence-electron chi connectivity index (χ0n) is 15.9. The van der Waals surface area contributed by atoms with Crippen molar-refractivity contribution in [1.29, 1.82) is 0 Å². The van der Waals surface area contributed by atoms with Gasteiger partial charge in [-0.3, -0.25) is 4.79 Å². The van der Waals surface area contributed by atoms with Crippen molar-refractivity contribution in [2.24, 2.45) is 0 Å². The molecule has 144 valence electrons. The number of hydrogen-bond acceptors (Lipinski definition) is 4. The number of piperazine rings is 1. The number of halogens is 1. The van der Waals surface area contributed by atoms with E-state index in [4.69, 9.17) is 0 Å². The number of rotatable bonds is 6. The number of amides is 1. The number of nitrogens with zero attached hydrogens (tertiary/aromatic N) is 2. The fourth-order valence-electron chi connectivity index (χ4n) is 3.19. The molecule has 1 amide bonds. The number of benzene rings is 2. The molecule has 3 rings (SSSR count). The Morgan fingerprint density at radius 2 is 1.59 bits per heavy atom. The van der Waals surface area contributed by atoms with Crippen molar-refractivity contribution < 1.29 is 9.18 Å². The summed E-state index contributed by atoms with van der Waals surface area (Å²) in [7, 11) is 0. The zero-order chi connectivity index (χ0) is 19.2. The van der Waals surface area contributed by atoms with Gasteiger partial charge in [-0.1, -0.05) is 6.92 Å². The molecule has 0 aliphatic carbocycles. The Balaban J connectivity index is 1.52. The van der Waals surface area contributed by atoms with E-state index in [0.717, 1.165) is 38.4 Å². The minimum Gasteiger partial charge on any atom is -0.374 e. The van der Waals surface area contributed by atoms with Gasteiger partial charge in [0.05, 0.1) is 0 Å². The molecule has 0 radical (unpaired) electrons. The van der Waals surface area contributed by atoms with Crippen LogP contribution in [0.5, 0.6) is 0 Å². The Bertz CT molecular complexity index is 740. The molecule has 1 saturated heterocycles. The summed E-state index contributed by atoms with van der Waals surface area (Å²) in [5, 5.41) is 5.99. The molecule has 0 unspecified atom stereocenters. The highest BCUT2D eigenvalue weighted by molar-refractivity contribution is 5.96. The summed E-state index contributed by atoms with van der Waals surface area (Å²) >= 11 is 0. The Morgan fingerprint density at radius 3 is 2.19 bits per heavy atom. The summed E-state index contributed by atoms with van der Waals surface area (Å²) in [6.45, 7) is 9.37. The lowest BCUT2D eigenvalue weighted by Gasteiger charge is -2.35. The van der Waals surface area contributed by atoms with E-state index in [9.17, 15) is 9.18 Å². The third-order valence-electron chi connectivity index (χ3n) is 4.94. The van der Waals surface area contributed by atoms with Gasteiger partial charge in [0, 0.05) is 43.2 Å². The minimum atomic E-state index is -0.408. The van der Waals surface area contributed by atoms with E-state index in [1.165, 1.54) is 17.8 Å². The lowest BCUT2D eigenvalue weighted by atomic mass is 10.2. The van der Waals surface area contributed by atoms with Crippen molar-refractivity contribution >= 4 is 23.0 Å². The number of carbonyl (C=O) groups is 1. The highest BCUT2D eigenvalue weighted by Crippen LogP contribution is 2.20. The Hall–Kier alpha value is -2.60. The first kappa shape index (κ1) is 19.2. The molecule has 0 aromatic heterocycles. The van der Waals surface area contributed by atoms with Gasteiger partial charge in [-0.25, -0.2) is 4.39 Å². The maximum Gasteiger partial charge on any atom is 0.246 e. The smallest absolute Gasteiger partial charge is 0.246 e. The van der Waals surface area contributed by atoms with Gasteiger partial charge in [0.15, 0.2) is 0 Å². The minimum absolute atomic E-state index is 0.165. The van der Waals surface area contributed by atoms with Crippen LogP contribution < -0.4 is 15.5 Å². The number of carbonyl (C=O) groups excluding carboxylic acids is 1. The van der Waals surface area contributed by atoms with Crippen LogP contribution >= 0.6 is 0 Å². The number of nitrogens with one attached hydrogen (secondary N) is 2. The van der Waals surface area contributed by atoms with Crippen molar-refractivity contribution in [2.75, 3.05) is 48.3 Å². The van der Waals surface area contributed by atoms with Gasteiger partial charge in [0.1, 0.15) is 11.9 Å². The summed E-state index contributed by atoms with van der Waals surface area (Å²) in [6, 6.07) is 13.5. The van der Waals surface area contributed by atoms with E-state index in [1.54, 1.807) is 19.1 Å². The van der Waals surface area contributed by atoms with Crippen molar-refractivity contribution in [1.82, 2.24) is 4.90 Å². The monoisotopic (exact) mass is 370 g/mol. The summed E-state index contributed by atoms with van der Waals surface area (Å²) in [6.07, 6.45) is 0. The Labute approximate surface area is 160 Å². The first-order valence-electron chi connectivity index (χ1n) is 9.45. The molecule has 2 N–H and O–H groups in total. The molecule has 2 aromatic rings.